The van der Waals surface area contributed by atoms with Crippen LogP contribution in [0.25, 0.3) is 0 Å². The maximum atomic E-state index is 5.36. The lowest BCUT2D eigenvalue weighted by molar-refractivity contribution is 0.0394. The van der Waals surface area contributed by atoms with Crippen molar-refractivity contribution in [3.63, 3.8) is 0 Å². The van der Waals surface area contributed by atoms with Crippen molar-refractivity contribution in [3.05, 3.63) is 24.2 Å². The topological polar surface area (TPSA) is 71.3 Å². The van der Waals surface area contributed by atoms with Crippen LogP contribution >= 0.6 is 0 Å². The number of aliphatic imine (C=N–C) groups is 1. The van der Waals surface area contributed by atoms with E-state index >= 15 is 0 Å². The number of nitrogens with zero attached hydrogens (tertiary/aromatic N) is 2. The largest absolute Gasteiger partial charge is 0.469 e. The van der Waals surface area contributed by atoms with Crippen molar-refractivity contribution in [1.82, 2.24) is 15.5 Å². The molecule has 0 radical (unpaired) electrons. The highest BCUT2D eigenvalue weighted by Crippen LogP contribution is 1.99. The third kappa shape index (κ3) is 7.49. The zero-order chi connectivity index (χ0) is 16.2. The van der Waals surface area contributed by atoms with E-state index in [1.165, 1.54) is 0 Å². The summed E-state index contributed by atoms with van der Waals surface area (Å²) in [6.45, 7) is 7.53. The van der Waals surface area contributed by atoms with Gasteiger partial charge in [-0.3, -0.25) is 9.89 Å². The molecule has 1 aromatic rings. The molecule has 7 heteroatoms. The predicted octanol–water partition coefficient (Wildman–Crippen LogP) is 0.336. The molecule has 0 bridgehead atoms. The molecule has 0 aromatic carbocycles. The Hall–Kier alpha value is -1.57. The second-order valence-electron chi connectivity index (χ2n) is 5.36. The Bertz CT molecular complexity index is 431. The van der Waals surface area contributed by atoms with E-state index in [0.717, 1.165) is 70.6 Å². The Morgan fingerprint density at radius 2 is 2.13 bits per heavy atom. The summed E-state index contributed by atoms with van der Waals surface area (Å²) in [5, 5.41) is 6.61. The second-order valence-corrected chi connectivity index (χ2v) is 5.36. The van der Waals surface area contributed by atoms with Gasteiger partial charge in [0.1, 0.15) is 5.76 Å². The number of guanidine groups is 1. The molecule has 0 unspecified atom stereocenters. The summed E-state index contributed by atoms with van der Waals surface area (Å²) in [5.41, 5.74) is 0. The molecule has 2 N–H and O–H groups in total. The Kier molecular flexibility index (Phi) is 8.53. The first-order valence-corrected chi connectivity index (χ1v) is 8.22. The fourth-order valence-corrected chi connectivity index (χ4v) is 2.33. The van der Waals surface area contributed by atoms with Gasteiger partial charge in [-0.05, 0) is 12.1 Å². The normalized spacial score (nSPS) is 16.5. The van der Waals surface area contributed by atoms with E-state index in [0.29, 0.717) is 6.61 Å². The van der Waals surface area contributed by atoms with Crippen molar-refractivity contribution < 1.29 is 13.9 Å². The van der Waals surface area contributed by atoms with Crippen LogP contribution in [0.15, 0.2) is 27.8 Å². The van der Waals surface area contributed by atoms with Crippen molar-refractivity contribution in [3.8, 4) is 0 Å². The highest BCUT2D eigenvalue weighted by atomic mass is 16.5. The van der Waals surface area contributed by atoms with Gasteiger partial charge < -0.3 is 24.5 Å². The fourth-order valence-electron chi connectivity index (χ4n) is 2.33. The zero-order valence-electron chi connectivity index (χ0n) is 13.9. The number of morpholine rings is 1. The molecule has 130 valence electrons. The maximum absolute atomic E-state index is 5.36. The van der Waals surface area contributed by atoms with E-state index in [2.05, 4.69) is 20.5 Å². The standard InChI is InChI=1S/C16H28N4O3/c1-21-12-7-19-16(17-5-4-15-3-2-11-23-15)18-6-8-20-9-13-22-14-10-20/h2-3,11H,4-10,12-14H2,1H3,(H2,17,18,19). The molecule has 2 rings (SSSR count). The van der Waals surface area contributed by atoms with Crippen LogP contribution in [-0.2, 0) is 15.9 Å². The summed E-state index contributed by atoms with van der Waals surface area (Å²) in [4.78, 5) is 7.01. The minimum absolute atomic E-state index is 0.655. The molecule has 0 saturated carbocycles. The van der Waals surface area contributed by atoms with Gasteiger partial charge in [0.25, 0.3) is 0 Å². The predicted molar refractivity (Wildman–Crippen MR) is 89.9 cm³/mol. The van der Waals surface area contributed by atoms with Gasteiger partial charge in [0.05, 0.1) is 32.6 Å². The molecule has 23 heavy (non-hydrogen) atoms. The number of ether oxygens (including phenoxy) is 2. The van der Waals surface area contributed by atoms with Crippen LogP contribution in [-0.4, -0.2) is 77.1 Å². The number of hydrogen-bond acceptors (Lipinski definition) is 5. The van der Waals surface area contributed by atoms with Crippen molar-refractivity contribution >= 4 is 5.96 Å². The number of rotatable bonds is 9. The van der Waals surface area contributed by atoms with E-state index in [-0.39, 0.29) is 0 Å². The van der Waals surface area contributed by atoms with Crippen LogP contribution in [0.3, 0.4) is 0 Å². The number of furan rings is 1. The van der Waals surface area contributed by atoms with Crippen LogP contribution in [0, 0.1) is 0 Å². The summed E-state index contributed by atoms with van der Waals surface area (Å²) in [5.74, 6) is 1.80. The van der Waals surface area contributed by atoms with Gasteiger partial charge in [-0.1, -0.05) is 0 Å². The average molecular weight is 324 g/mol. The fraction of sp³-hybridized carbons (Fsp3) is 0.688. The molecular weight excluding hydrogens is 296 g/mol. The molecule has 1 aliphatic rings. The van der Waals surface area contributed by atoms with Crippen LogP contribution in [0.4, 0.5) is 0 Å². The molecule has 0 aliphatic carbocycles. The lowest BCUT2D eigenvalue weighted by Gasteiger charge is -2.25. The maximum Gasteiger partial charge on any atom is 0.191 e. The number of nitrogens with one attached hydrogen (secondary N) is 2. The number of hydrogen-bond donors (Lipinski definition) is 2. The highest BCUT2D eigenvalue weighted by molar-refractivity contribution is 5.79. The van der Waals surface area contributed by atoms with Gasteiger partial charge in [0, 0.05) is 46.3 Å². The molecule has 7 nitrogen and oxygen atoms in total. The average Bonchev–Trinajstić information content (AvgIpc) is 3.09. The molecule has 0 atom stereocenters. The first kappa shape index (κ1) is 17.8. The van der Waals surface area contributed by atoms with Gasteiger partial charge in [-0.2, -0.15) is 0 Å². The van der Waals surface area contributed by atoms with E-state index in [9.17, 15) is 0 Å². The monoisotopic (exact) mass is 324 g/mol. The van der Waals surface area contributed by atoms with E-state index in [1.54, 1.807) is 13.4 Å². The quantitative estimate of drug-likeness (QED) is 0.388. The van der Waals surface area contributed by atoms with Gasteiger partial charge in [-0.15, -0.1) is 0 Å². The summed E-state index contributed by atoms with van der Waals surface area (Å²) < 4.78 is 15.8. The summed E-state index contributed by atoms with van der Waals surface area (Å²) >= 11 is 0. The Labute approximate surface area is 138 Å². The zero-order valence-corrected chi connectivity index (χ0v) is 13.9. The summed E-state index contributed by atoms with van der Waals surface area (Å²) in [7, 11) is 1.70. The molecule has 1 fully saturated rings. The first-order valence-electron chi connectivity index (χ1n) is 8.22. The molecule has 1 saturated heterocycles. The van der Waals surface area contributed by atoms with Crippen LogP contribution in [0.1, 0.15) is 5.76 Å². The Morgan fingerprint density at radius 1 is 1.30 bits per heavy atom. The molecule has 0 spiro atoms. The summed E-state index contributed by atoms with van der Waals surface area (Å²) in [6.07, 6.45) is 2.53. The Morgan fingerprint density at radius 3 is 2.87 bits per heavy atom. The SMILES string of the molecule is COCCNC(=NCCN1CCOCC1)NCCc1ccco1. The lowest BCUT2D eigenvalue weighted by atomic mass is 10.3. The van der Waals surface area contributed by atoms with Gasteiger partial charge in [0.15, 0.2) is 5.96 Å². The molecular formula is C16H28N4O3. The minimum atomic E-state index is 0.655. The van der Waals surface area contributed by atoms with Crippen molar-refractivity contribution in [2.75, 3.05) is 66.2 Å². The van der Waals surface area contributed by atoms with Crippen molar-refractivity contribution in [2.45, 2.75) is 6.42 Å². The van der Waals surface area contributed by atoms with Crippen molar-refractivity contribution in [2.24, 2.45) is 4.99 Å². The second kappa shape index (κ2) is 11.0. The summed E-state index contributed by atoms with van der Waals surface area (Å²) in [6, 6.07) is 3.89. The van der Waals surface area contributed by atoms with Crippen LogP contribution in [0.5, 0.6) is 0 Å². The third-order valence-corrected chi connectivity index (χ3v) is 3.63. The smallest absolute Gasteiger partial charge is 0.191 e. The van der Waals surface area contributed by atoms with Gasteiger partial charge >= 0.3 is 0 Å². The molecule has 2 heterocycles. The first-order chi connectivity index (χ1) is 11.4. The Balaban J connectivity index is 1.71. The lowest BCUT2D eigenvalue weighted by Crippen LogP contribution is -2.41. The van der Waals surface area contributed by atoms with E-state index in [4.69, 9.17) is 13.9 Å². The van der Waals surface area contributed by atoms with Crippen LogP contribution < -0.4 is 10.6 Å². The molecule has 1 aromatic heterocycles. The third-order valence-electron chi connectivity index (χ3n) is 3.63. The van der Waals surface area contributed by atoms with Gasteiger partial charge in [0.2, 0.25) is 0 Å². The molecule has 0 amide bonds. The van der Waals surface area contributed by atoms with Crippen molar-refractivity contribution in [1.29, 1.82) is 0 Å². The van der Waals surface area contributed by atoms with Gasteiger partial charge in [-0.25, -0.2) is 0 Å². The minimum Gasteiger partial charge on any atom is -0.469 e. The number of methoxy groups -OCH3 is 1. The van der Waals surface area contributed by atoms with Crippen LogP contribution in [0.2, 0.25) is 0 Å². The van der Waals surface area contributed by atoms with E-state index < -0.39 is 0 Å². The van der Waals surface area contributed by atoms with E-state index in [1.807, 2.05) is 12.1 Å². The molecule has 1 aliphatic heterocycles. The highest BCUT2D eigenvalue weighted by Gasteiger charge is 2.09.